The minimum absolute atomic E-state index is 0.0217. The van der Waals surface area contributed by atoms with Gasteiger partial charge in [-0.15, -0.1) is 15.3 Å². The second-order valence-electron chi connectivity index (χ2n) is 5.49. The van der Waals surface area contributed by atoms with Crippen LogP contribution in [0.2, 0.25) is 0 Å². The lowest BCUT2D eigenvalue weighted by molar-refractivity contribution is -0.146. The molecule has 0 aliphatic rings. The van der Waals surface area contributed by atoms with E-state index < -0.39 is 12.0 Å². The molecule has 0 saturated heterocycles. The maximum atomic E-state index is 13.0. The number of nitrogens with zero attached hydrogens (tertiary/aromatic N) is 5. The first-order valence-electron chi connectivity index (χ1n) is 7.56. The van der Waals surface area contributed by atoms with Crippen molar-refractivity contribution >= 4 is 11.5 Å². The van der Waals surface area contributed by atoms with Crippen molar-refractivity contribution < 1.29 is 22.6 Å². The van der Waals surface area contributed by atoms with Crippen LogP contribution >= 0.6 is 0 Å². The van der Waals surface area contributed by atoms with Crippen molar-refractivity contribution in [2.75, 3.05) is 26.2 Å². The topological polar surface area (TPSA) is 64.8 Å². The Kier molecular flexibility index (Phi) is 4.58. The minimum atomic E-state index is -4.64. The Labute approximate surface area is 147 Å². The van der Waals surface area contributed by atoms with E-state index in [-0.39, 0.29) is 5.65 Å². The van der Waals surface area contributed by atoms with Crippen LogP contribution in [0.4, 0.5) is 19.0 Å². The molecule has 0 saturated carbocycles. The number of methoxy groups -OCH3 is 2. The molecule has 3 aromatic rings. The summed E-state index contributed by atoms with van der Waals surface area (Å²) in [6, 6.07) is 8.43. The van der Waals surface area contributed by atoms with Crippen molar-refractivity contribution in [3.63, 3.8) is 0 Å². The van der Waals surface area contributed by atoms with Gasteiger partial charge in [0.25, 0.3) is 5.82 Å². The molecule has 26 heavy (non-hydrogen) atoms. The van der Waals surface area contributed by atoms with Crippen LogP contribution in [0.3, 0.4) is 0 Å². The highest BCUT2D eigenvalue weighted by Gasteiger charge is 2.37. The normalized spacial score (nSPS) is 11.6. The van der Waals surface area contributed by atoms with Crippen LogP contribution in [-0.2, 0) is 12.7 Å². The lowest BCUT2D eigenvalue weighted by Gasteiger charge is -2.20. The summed E-state index contributed by atoms with van der Waals surface area (Å²) in [7, 11) is 4.77. The van der Waals surface area contributed by atoms with Crippen LogP contribution in [0.25, 0.3) is 5.65 Å². The van der Waals surface area contributed by atoms with Gasteiger partial charge in [-0.2, -0.15) is 17.7 Å². The first-order chi connectivity index (χ1) is 12.3. The molecule has 0 spiro atoms. The summed E-state index contributed by atoms with van der Waals surface area (Å²) in [6.07, 6.45) is -4.64. The van der Waals surface area contributed by atoms with E-state index in [1.54, 1.807) is 24.1 Å². The molecule has 0 atom stereocenters. The highest BCUT2D eigenvalue weighted by molar-refractivity contribution is 5.50. The van der Waals surface area contributed by atoms with Crippen molar-refractivity contribution in [1.82, 2.24) is 19.8 Å². The standard InChI is InChI=1S/C16H16F3N5O2/c1-23(9-10-5-4-6-11(25-2)14(10)26-3)13-8-7-12-20-21-15(16(17,18)19)24(12)22-13/h4-8H,9H2,1-3H3. The van der Waals surface area contributed by atoms with Crippen molar-refractivity contribution in [3.8, 4) is 11.5 Å². The van der Waals surface area contributed by atoms with E-state index in [4.69, 9.17) is 9.47 Å². The van der Waals surface area contributed by atoms with Crippen molar-refractivity contribution in [1.29, 1.82) is 0 Å². The Balaban J connectivity index is 1.95. The van der Waals surface area contributed by atoms with Crippen molar-refractivity contribution in [2.24, 2.45) is 0 Å². The van der Waals surface area contributed by atoms with Gasteiger partial charge in [-0.05, 0) is 18.2 Å². The van der Waals surface area contributed by atoms with Gasteiger partial charge in [-0.1, -0.05) is 12.1 Å². The number of halogens is 3. The molecule has 0 unspecified atom stereocenters. The van der Waals surface area contributed by atoms with Gasteiger partial charge in [-0.3, -0.25) is 0 Å². The number of ether oxygens (including phenoxy) is 2. The second-order valence-corrected chi connectivity index (χ2v) is 5.49. The fraction of sp³-hybridized carbons (Fsp3) is 0.312. The molecule has 0 aliphatic heterocycles. The smallest absolute Gasteiger partial charge is 0.453 e. The van der Waals surface area contributed by atoms with E-state index in [2.05, 4.69) is 15.3 Å². The first-order valence-corrected chi connectivity index (χ1v) is 7.56. The predicted molar refractivity (Wildman–Crippen MR) is 87.4 cm³/mol. The quantitative estimate of drug-likeness (QED) is 0.691. The van der Waals surface area contributed by atoms with Gasteiger partial charge in [0.2, 0.25) is 0 Å². The molecule has 2 heterocycles. The molecule has 7 nitrogen and oxygen atoms in total. The van der Waals surface area contributed by atoms with Crippen LogP contribution in [0.15, 0.2) is 30.3 Å². The number of aromatic nitrogens is 4. The van der Waals surface area contributed by atoms with Crippen LogP contribution in [-0.4, -0.2) is 41.1 Å². The van der Waals surface area contributed by atoms with E-state index in [0.717, 1.165) is 5.56 Å². The molecule has 0 bridgehead atoms. The number of rotatable bonds is 5. The summed E-state index contributed by atoms with van der Waals surface area (Å²) < 4.78 is 50.3. The molecule has 3 rings (SSSR count). The minimum Gasteiger partial charge on any atom is -0.493 e. The van der Waals surface area contributed by atoms with Crippen molar-refractivity contribution in [3.05, 3.63) is 41.7 Å². The molecule has 2 aromatic heterocycles. The Morgan fingerprint density at radius 1 is 1.08 bits per heavy atom. The zero-order valence-electron chi connectivity index (χ0n) is 14.3. The third-order valence-electron chi connectivity index (χ3n) is 3.79. The lowest BCUT2D eigenvalue weighted by atomic mass is 10.1. The van der Waals surface area contributed by atoms with Gasteiger partial charge >= 0.3 is 6.18 Å². The third-order valence-corrected chi connectivity index (χ3v) is 3.79. The zero-order valence-corrected chi connectivity index (χ0v) is 14.3. The average Bonchev–Trinajstić information content (AvgIpc) is 3.04. The monoisotopic (exact) mass is 367 g/mol. The van der Waals surface area contributed by atoms with Gasteiger partial charge in [0.1, 0.15) is 5.82 Å². The third kappa shape index (κ3) is 3.22. The Hall–Kier alpha value is -3.04. The highest BCUT2D eigenvalue weighted by Crippen LogP contribution is 2.32. The second kappa shape index (κ2) is 6.70. The van der Waals surface area contributed by atoms with Crippen LogP contribution in [0, 0.1) is 0 Å². The number of hydrogen-bond donors (Lipinski definition) is 0. The lowest BCUT2D eigenvalue weighted by Crippen LogP contribution is -2.20. The van der Waals surface area contributed by atoms with Gasteiger partial charge in [-0.25, -0.2) is 0 Å². The molecule has 0 fully saturated rings. The Morgan fingerprint density at radius 3 is 2.50 bits per heavy atom. The largest absolute Gasteiger partial charge is 0.493 e. The van der Waals surface area contributed by atoms with Gasteiger partial charge < -0.3 is 14.4 Å². The van der Waals surface area contributed by atoms with Gasteiger partial charge in [0.15, 0.2) is 17.1 Å². The van der Waals surface area contributed by atoms with Crippen molar-refractivity contribution in [2.45, 2.75) is 12.7 Å². The molecule has 10 heteroatoms. The molecule has 0 aliphatic carbocycles. The van der Waals surface area contributed by atoms with E-state index in [0.29, 0.717) is 28.4 Å². The molecule has 138 valence electrons. The fourth-order valence-electron chi connectivity index (χ4n) is 2.57. The van der Waals surface area contributed by atoms with E-state index >= 15 is 0 Å². The van der Waals surface area contributed by atoms with Crippen LogP contribution in [0.1, 0.15) is 11.4 Å². The Morgan fingerprint density at radius 2 is 1.85 bits per heavy atom. The van der Waals surface area contributed by atoms with E-state index in [1.807, 2.05) is 12.1 Å². The highest BCUT2D eigenvalue weighted by atomic mass is 19.4. The zero-order chi connectivity index (χ0) is 18.9. The Bertz CT molecular complexity index is 926. The number of benzene rings is 1. The van der Waals surface area contributed by atoms with E-state index in [1.165, 1.54) is 20.3 Å². The first kappa shape index (κ1) is 17.8. The van der Waals surface area contributed by atoms with E-state index in [9.17, 15) is 13.2 Å². The molecule has 1 aromatic carbocycles. The number of hydrogen-bond acceptors (Lipinski definition) is 6. The van der Waals surface area contributed by atoms with Crippen LogP contribution in [0.5, 0.6) is 11.5 Å². The summed E-state index contributed by atoms with van der Waals surface area (Å²) >= 11 is 0. The molecule has 0 N–H and O–H groups in total. The maximum absolute atomic E-state index is 13.0. The molecule has 0 radical (unpaired) electrons. The average molecular weight is 367 g/mol. The number of fused-ring (bicyclic) bond motifs is 1. The summed E-state index contributed by atoms with van der Waals surface area (Å²) in [5.74, 6) is 0.289. The summed E-state index contributed by atoms with van der Waals surface area (Å²) in [4.78, 5) is 1.69. The molecular weight excluding hydrogens is 351 g/mol. The predicted octanol–water partition coefficient (Wildman–Crippen LogP) is 2.80. The number of alkyl halides is 3. The van der Waals surface area contributed by atoms with Crippen LogP contribution < -0.4 is 14.4 Å². The summed E-state index contributed by atoms with van der Waals surface area (Å²) in [6.45, 7) is 0.350. The molecule has 0 amide bonds. The molecular formula is C16H16F3N5O2. The maximum Gasteiger partial charge on any atom is 0.453 e. The number of para-hydroxylation sites is 1. The summed E-state index contributed by atoms with van der Waals surface area (Å²) in [5, 5.41) is 10.7. The number of anilines is 1. The fourth-order valence-corrected chi connectivity index (χ4v) is 2.57. The van der Waals surface area contributed by atoms with Gasteiger partial charge in [0.05, 0.1) is 14.2 Å². The van der Waals surface area contributed by atoms with Gasteiger partial charge in [0, 0.05) is 19.2 Å². The summed E-state index contributed by atoms with van der Waals surface area (Å²) in [5.41, 5.74) is 0.824. The SMILES string of the molecule is COc1cccc(CN(C)c2ccc3nnc(C(F)(F)F)n3n2)c1OC.